The topological polar surface area (TPSA) is 65.1 Å². The Labute approximate surface area is 158 Å². The van der Waals surface area contributed by atoms with E-state index >= 15 is 0 Å². The molecule has 1 unspecified atom stereocenters. The molecule has 1 aliphatic heterocycles. The minimum Gasteiger partial charge on any atom is -0.497 e. The number of rotatable bonds is 6. The summed E-state index contributed by atoms with van der Waals surface area (Å²) in [5.41, 5.74) is 0.784. The largest absolute Gasteiger partial charge is 0.497 e. The monoisotopic (exact) mass is 395 g/mol. The van der Waals surface area contributed by atoms with Gasteiger partial charge in [-0.2, -0.15) is 4.31 Å². The minimum atomic E-state index is -3.64. The predicted molar refractivity (Wildman–Crippen MR) is 102 cm³/mol. The van der Waals surface area contributed by atoms with E-state index in [1.165, 1.54) is 4.31 Å². The molecule has 0 saturated carbocycles. The van der Waals surface area contributed by atoms with Crippen LogP contribution in [0.15, 0.2) is 47.4 Å². The molecule has 3 rings (SSSR count). The average molecular weight is 396 g/mol. The number of ether oxygens (including phenoxy) is 3. The molecule has 2 aromatic carbocycles. The van der Waals surface area contributed by atoms with E-state index in [-0.39, 0.29) is 10.3 Å². The van der Waals surface area contributed by atoms with Crippen LogP contribution >= 0.6 is 11.8 Å². The van der Waals surface area contributed by atoms with Crippen molar-refractivity contribution >= 4 is 21.8 Å². The summed E-state index contributed by atoms with van der Waals surface area (Å²) in [5, 5.41) is -0.368. The van der Waals surface area contributed by atoms with Gasteiger partial charge < -0.3 is 14.2 Å². The van der Waals surface area contributed by atoms with E-state index in [2.05, 4.69) is 0 Å². The number of benzene rings is 2. The minimum absolute atomic E-state index is 0.243. The Morgan fingerprint density at radius 3 is 2.23 bits per heavy atom. The first-order chi connectivity index (χ1) is 12.5. The lowest BCUT2D eigenvalue weighted by Crippen LogP contribution is -2.30. The van der Waals surface area contributed by atoms with E-state index in [9.17, 15) is 8.42 Å². The maximum Gasteiger partial charge on any atom is 0.244 e. The Morgan fingerprint density at radius 1 is 0.962 bits per heavy atom. The predicted octanol–water partition coefficient (Wildman–Crippen LogP) is 3.15. The van der Waals surface area contributed by atoms with Gasteiger partial charge in [-0.05, 0) is 42.5 Å². The normalized spacial score (nSPS) is 17.9. The number of nitrogens with zero attached hydrogens (tertiary/aromatic N) is 1. The molecule has 1 fully saturated rings. The molecule has 0 N–H and O–H groups in total. The molecule has 1 aliphatic rings. The fourth-order valence-electron chi connectivity index (χ4n) is 2.86. The van der Waals surface area contributed by atoms with Crippen molar-refractivity contribution in [2.24, 2.45) is 0 Å². The molecular formula is C18H21NO5S2. The maximum absolute atomic E-state index is 13.2. The Morgan fingerprint density at radius 2 is 1.62 bits per heavy atom. The lowest BCUT2D eigenvalue weighted by molar-refractivity contribution is 0.382. The van der Waals surface area contributed by atoms with Gasteiger partial charge in [0.25, 0.3) is 0 Å². The Balaban J connectivity index is 1.99. The van der Waals surface area contributed by atoms with Gasteiger partial charge in [-0.15, -0.1) is 11.8 Å². The van der Waals surface area contributed by atoms with Crippen molar-refractivity contribution in [2.75, 3.05) is 33.6 Å². The second-order valence-corrected chi connectivity index (χ2v) is 8.70. The highest BCUT2D eigenvalue weighted by Crippen LogP contribution is 2.45. The van der Waals surface area contributed by atoms with Gasteiger partial charge in [-0.3, -0.25) is 0 Å². The van der Waals surface area contributed by atoms with Crippen molar-refractivity contribution in [2.45, 2.75) is 10.3 Å². The van der Waals surface area contributed by atoms with Gasteiger partial charge in [0.2, 0.25) is 10.0 Å². The molecule has 1 atom stereocenters. The quantitative estimate of drug-likeness (QED) is 0.749. The van der Waals surface area contributed by atoms with Crippen molar-refractivity contribution in [1.29, 1.82) is 0 Å². The molecule has 140 valence electrons. The summed E-state index contributed by atoms with van der Waals surface area (Å²) in [6.07, 6.45) is 0. The van der Waals surface area contributed by atoms with Crippen LogP contribution in [0.5, 0.6) is 17.2 Å². The maximum atomic E-state index is 13.2. The molecule has 8 heteroatoms. The third kappa shape index (κ3) is 3.49. The molecule has 6 nitrogen and oxygen atoms in total. The number of methoxy groups -OCH3 is 3. The van der Waals surface area contributed by atoms with Crippen LogP contribution in [0.2, 0.25) is 0 Å². The van der Waals surface area contributed by atoms with Crippen molar-refractivity contribution in [3.05, 3.63) is 48.0 Å². The summed E-state index contributed by atoms with van der Waals surface area (Å²) >= 11 is 1.57. The van der Waals surface area contributed by atoms with Crippen LogP contribution in [-0.4, -0.2) is 46.4 Å². The van der Waals surface area contributed by atoms with Gasteiger partial charge in [-0.25, -0.2) is 8.42 Å². The zero-order valence-electron chi connectivity index (χ0n) is 14.8. The van der Waals surface area contributed by atoms with Crippen LogP contribution in [0.4, 0.5) is 0 Å². The Hall–Kier alpha value is -1.90. The van der Waals surface area contributed by atoms with Crippen LogP contribution < -0.4 is 14.2 Å². The van der Waals surface area contributed by atoms with Crippen LogP contribution in [0.1, 0.15) is 10.9 Å². The third-order valence-corrected chi connectivity index (χ3v) is 7.47. The van der Waals surface area contributed by atoms with Crippen LogP contribution in [0.25, 0.3) is 0 Å². The van der Waals surface area contributed by atoms with Gasteiger partial charge in [0, 0.05) is 17.9 Å². The second-order valence-electron chi connectivity index (χ2n) is 5.62. The SMILES string of the molecule is COc1ccc(S(=O)(=O)N2CCSC2c2cc(OC)ccc2OC)cc1. The Bertz CT molecular complexity index is 868. The molecule has 1 saturated heterocycles. The first-order valence-corrected chi connectivity index (χ1v) is 10.5. The highest BCUT2D eigenvalue weighted by atomic mass is 32.2. The third-order valence-electron chi connectivity index (χ3n) is 4.22. The van der Waals surface area contributed by atoms with E-state index in [4.69, 9.17) is 14.2 Å². The van der Waals surface area contributed by atoms with Crippen LogP contribution in [0, 0.1) is 0 Å². The molecule has 26 heavy (non-hydrogen) atoms. The summed E-state index contributed by atoms with van der Waals surface area (Å²) in [4.78, 5) is 0.243. The number of sulfonamides is 1. The van der Waals surface area contributed by atoms with Gasteiger partial charge in [0.1, 0.15) is 17.2 Å². The van der Waals surface area contributed by atoms with E-state index in [0.29, 0.717) is 29.5 Å². The molecular weight excluding hydrogens is 374 g/mol. The van der Waals surface area contributed by atoms with Crippen LogP contribution in [-0.2, 0) is 10.0 Å². The zero-order valence-corrected chi connectivity index (χ0v) is 16.5. The number of thioether (sulfide) groups is 1. The number of hydrogen-bond acceptors (Lipinski definition) is 6. The van der Waals surface area contributed by atoms with E-state index < -0.39 is 10.0 Å². The van der Waals surface area contributed by atoms with Crippen molar-refractivity contribution in [1.82, 2.24) is 4.31 Å². The van der Waals surface area contributed by atoms with Gasteiger partial charge >= 0.3 is 0 Å². The molecule has 0 spiro atoms. The van der Waals surface area contributed by atoms with E-state index in [0.717, 1.165) is 5.56 Å². The lowest BCUT2D eigenvalue weighted by atomic mass is 10.2. The van der Waals surface area contributed by atoms with Gasteiger partial charge in [0.15, 0.2) is 0 Å². The highest BCUT2D eigenvalue weighted by molar-refractivity contribution is 8.01. The summed E-state index contributed by atoms with van der Waals surface area (Å²) in [5.74, 6) is 2.63. The van der Waals surface area contributed by atoms with Crippen molar-refractivity contribution < 1.29 is 22.6 Å². The summed E-state index contributed by atoms with van der Waals surface area (Å²) in [6.45, 7) is 0.435. The average Bonchev–Trinajstić information content (AvgIpc) is 3.18. The fourth-order valence-corrected chi connectivity index (χ4v) is 6.11. The van der Waals surface area contributed by atoms with Crippen molar-refractivity contribution in [3.63, 3.8) is 0 Å². The molecule has 0 radical (unpaired) electrons. The van der Waals surface area contributed by atoms with Crippen LogP contribution in [0.3, 0.4) is 0 Å². The van der Waals surface area contributed by atoms with Gasteiger partial charge in [0.05, 0.1) is 31.6 Å². The van der Waals surface area contributed by atoms with E-state index in [1.54, 1.807) is 69.5 Å². The van der Waals surface area contributed by atoms with Crippen molar-refractivity contribution in [3.8, 4) is 17.2 Å². The Kier molecular flexibility index (Phi) is 5.64. The molecule has 1 heterocycles. The molecule has 0 aliphatic carbocycles. The lowest BCUT2D eigenvalue weighted by Gasteiger charge is -2.25. The molecule has 0 aromatic heterocycles. The summed E-state index contributed by atoms with van der Waals surface area (Å²) in [6, 6.07) is 11.9. The zero-order chi connectivity index (χ0) is 18.7. The summed E-state index contributed by atoms with van der Waals surface area (Å²) in [7, 11) is 1.06. The summed E-state index contributed by atoms with van der Waals surface area (Å²) < 4.78 is 43.7. The second kappa shape index (κ2) is 7.77. The first kappa shape index (κ1) is 18.9. The van der Waals surface area contributed by atoms with Gasteiger partial charge in [-0.1, -0.05) is 0 Å². The highest BCUT2D eigenvalue weighted by Gasteiger charge is 2.38. The molecule has 2 aromatic rings. The fraction of sp³-hybridized carbons (Fsp3) is 0.333. The number of hydrogen-bond donors (Lipinski definition) is 0. The van der Waals surface area contributed by atoms with E-state index in [1.807, 2.05) is 6.07 Å². The standard InChI is InChI=1S/C18H21NO5S2/c1-22-13-4-7-15(8-5-13)26(20,21)19-10-11-25-18(19)16-12-14(23-2)6-9-17(16)24-3/h4-9,12,18H,10-11H2,1-3H3. The smallest absolute Gasteiger partial charge is 0.244 e. The molecule has 0 bridgehead atoms. The molecule has 0 amide bonds. The first-order valence-electron chi connectivity index (χ1n) is 8.00.